The monoisotopic (exact) mass is 240 g/mol. The molecule has 0 radical (unpaired) electrons. The first-order chi connectivity index (χ1) is 8.81. The zero-order chi connectivity index (χ0) is 12.8. The molecule has 0 unspecified atom stereocenters. The van der Waals surface area contributed by atoms with Crippen LogP contribution in [-0.4, -0.2) is 12.5 Å². The van der Waals surface area contributed by atoms with E-state index in [1.54, 1.807) is 12.1 Å². The van der Waals surface area contributed by atoms with E-state index < -0.39 is 0 Å². The molecule has 0 heterocycles. The van der Waals surface area contributed by atoms with Gasteiger partial charge in [0, 0.05) is 12.1 Å². The number of hydrogen-bond donors (Lipinski definition) is 2. The van der Waals surface area contributed by atoms with Crippen LogP contribution < -0.4 is 11.1 Å². The predicted molar refractivity (Wildman–Crippen MR) is 72.1 cm³/mol. The van der Waals surface area contributed by atoms with Crippen LogP contribution in [0.5, 0.6) is 0 Å². The second kappa shape index (κ2) is 5.98. The van der Waals surface area contributed by atoms with Crippen molar-refractivity contribution in [3.05, 3.63) is 71.8 Å². The quantitative estimate of drug-likeness (QED) is 0.860. The number of nitrogens with one attached hydrogen (secondary N) is 1. The van der Waals surface area contributed by atoms with Crippen molar-refractivity contribution >= 4 is 5.91 Å². The van der Waals surface area contributed by atoms with Crippen molar-refractivity contribution in [3.8, 4) is 0 Å². The molecule has 0 aromatic heterocycles. The Kier molecular flexibility index (Phi) is 4.10. The number of benzene rings is 2. The van der Waals surface area contributed by atoms with Crippen molar-refractivity contribution in [1.82, 2.24) is 5.32 Å². The summed E-state index contributed by atoms with van der Waals surface area (Å²) in [5.74, 6) is -0.102. The van der Waals surface area contributed by atoms with Crippen LogP contribution in [0.1, 0.15) is 22.0 Å². The third-order valence-corrected chi connectivity index (χ3v) is 2.78. The summed E-state index contributed by atoms with van der Waals surface area (Å²) in [7, 11) is 0. The van der Waals surface area contributed by atoms with Gasteiger partial charge in [0.2, 0.25) is 0 Å². The molecule has 3 nitrogen and oxygen atoms in total. The van der Waals surface area contributed by atoms with Gasteiger partial charge in [-0.1, -0.05) is 48.5 Å². The van der Waals surface area contributed by atoms with E-state index in [0.717, 1.165) is 5.56 Å². The van der Waals surface area contributed by atoms with Crippen LogP contribution >= 0.6 is 0 Å². The van der Waals surface area contributed by atoms with Crippen LogP contribution in [0.3, 0.4) is 0 Å². The highest BCUT2D eigenvalue weighted by Crippen LogP contribution is 2.12. The Morgan fingerprint density at radius 1 is 1.00 bits per heavy atom. The lowest BCUT2D eigenvalue weighted by atomic mass is 10.1. The molecular weight excluding hydrogens is 224 g/mol. The second-order valence-corrected chi connectivity index (χ2v) is 4.04. The number of rotatable bonds is 4. The lowest BCUT2D eigenvalue weighted by molar-refractivity contribution is 0.0938. The Morgan fingerprint density at radius 2 is 1.56 bits per heavy atom. The topological polar surface area (TPSA) is 55.1 Å². The highest BCUT2D eigenvalue weighted by molar-refractivity contribution is 5.94. The molecule has 3 heteroatoms. The van der Waals surface area contributed by atoms with Gasteiger partial charge in [-0.15, -0.1) is 0 Å². The van der Waals surface area contributed by atoms with E-state index in [2.05, 4.69) is 5.32 Å². The van der Waals surface area contributed by atoms with Crippen molar-refractivity contribution in [2.45, 2.75) is 6.04 Å². The van der Waals surface area contributed by atoms with E-state index in [9.17, 15) is 4.79 Å². The van der Waals surface area contributed by atoms with Gasteiger partial charge in [-0.25, -0.2) is 0 Å². The molecule has 1 amide bonds. The molecular formula is C15H16N2O. The summed E-state index contributed by atoms with van der Waals surface area (Å²) in [5, 5.41) is 2.94. The van der Waals surface area contributed by atoms with Gasteiger partial charge in [0.05, 0.1) is 6.04 Å². The van der Waals surface area contributed by atoms with Crippen LogP contribution in [0.4, 0.5) is 0 Å². The molecule has 18 heavy (non-hydrogen) atoms. The summed E-state index contributed by atoms with van der Waals surface area (Å²) in [6.45, 7) is 0.378. The summed E-state index contributed by atoms with van der Waals surface area (Å²) in [6.07, 6.45) is 0. The minimum absolute atomic E-state index is 0.102. The van der Waals surface area contributed by atoms with Crippen LogP contribution in [0.15, 0.2) is 60.7 Å². The van der Waals surface area contributed by atoms with Crippen LogP contribution in [-0.2, 0) is 0 Å². The first-order valence-electron chi connectivity index (χ1n) is 5.92. The lowest BCUT2D eigenvalue weighted by Gasteiger charge is -2.17. The number of amides is 1. The molecule has 0 aliphatic rings. The maximum absolute atomic E-state index is 12.0. The molecule has 0 saturated carbocycles. The summed E-state index contributed by atoms with van der Waals surface area (Å²) in [6, 6.07) is 18.7. The van der Waals surface area contributed by atoms with E-state index in [0.29, 0.717) is 12.1 Å². The molecule has 0 aliphatic carbocycles. The molecule has 0 bridgehead atoms. The highest BCUT2D eigenvalue weighted by atomic mass is 16.1. The normalized spacial score (nSPS) is 11.8. The van der Waals surface area contributed by atoms with Crippen molar-refractivity contribution in [2.75, 3.05) is 6.54 Å². The van der Waals surface area contributed by atoms with Crippen molar-refractivity contribution in [1.29, 1.82) is 0 Å². The van der Waals surface area contributed by atoms with Gasteiger partial charge >= 0.3 is 0 Å². The molecule has 0 saturated heterocycles. The third-order valence-electron chi connectivity index (χ3n) is 2.78. The van der Waals surface area contributed by atoms with Gasteiger partial charge in [0.25, 0.3) is 5.91 Å². The van der Waals surface area contributed by atoms with Gasteiger partial charge in [-0.3, -0.25) is 4.79 Å². The molecule has 3 N–H and O–H groups in total. The molecule has 92 valence electrons. The molecule has 0 spiro atoms. The van der Waals surface area contributed by atoms with Crippen LogP contribution in [0.2, 0.25) is 0 Å². The maximum atomic E-state index is 12.0. The smallest absolute Gasteiger partial charge is 0.251 e. The van der Waals surface area contributed by atoms with Crippen molar-refractivity contribution < 1.29 is 4.79 Å². The van der Waals surface area contributed by atoms with Crippen molar-refractivity contribution in [2.24, 2.45) is 5.73 Å². The Labute approximate surface area is 107 Å². The SMILES string of the molecule is NC[C@H](NC(=O)c1ccccc1)c1ccccc1. The zero-order valence-corrected chi connectivity index (χ0v) is 10.0. The van der Waals surface area contributed by atoms with E-state index in [1.807, 2.05) is 48.5 Å². The van der Waals surface area contributed by atoms with E-state index in [4.69, 9.17) is 5.73 Å². The molecule has 2 aromatic rings. The van der Waals surface area contributed by atoms with Gasteiger partial charge < -0.3 is 11.1 Å². The van der Waals surface area contributed by atoms with E-state index >= 15 is 0 Å². The largest absolute Gasteiger partial charge is 0.344 e. The Hall–Kier alpha value is -2.13. The number of hydrogen-bond acceptors (Lipinski definition) is 2. The zero-order valence-electron chi connectivity index (χ0n) is 10.0. The fraction of sp³-hybridized carbons (Fsp3) is 0.133. The average Bonchev–Trinajstić information content (AvgIpc) is 2.46. The standard InChI is InChI=1S/C15H16N2O/c16-11-14(12-7-3-1-4-8-12)17-15(18)13-9-5-2-6-10-13/h1-10,14H,11,16H2,(H,17,18)/t14-/m0/s1. The predicted octanol–water partition coefficient (Wildman–Crippen LogP) is 2.12. The first-order valence-corrected chi connectivity index (χ1v) is 5.92. The molecule has 0 fully saturated rings. The highest BCUT2D eigenvalue weighted by Gasteiger charge is 2.13. The summed E-state index contributed by atoms with van der Waals surface area (Å²) in [4.78, 5) is 12.0. The summed E-state index contributed by atoms with van der Waals surface area (Å²) < 4.78 is 0. The van der Waals surface area contributed by atoms with Gasteiger partial charge in [-0.2, -0.15) is 0 Å². The first kappa shape index (κ1) is 12.3. The fourth-order valence-corrected chi connectivity index (χ4v) is 1.79. The fourth-order valence-electron chi connectivity index (χ4n) is 1.79. The van der Waals surface area contributed by atoms with Gasteiger partial charge in [0.15, 0.2) is 0 Å². The Bertz CT molecular complexity index is 496. The number of carbonyl (C=O) groups excluding carboxylic acids is 1. The van der Waals surface area contributed by atoms with E-state index in [-0.39, 0.29) is 11.9 Å². The lowest BCUT2D eigenvalue weighted by Crippen LogP contribution is -2.33. The minimum atomic E-state index is -0.154. The number of carbonyl (C=O) groups is 1. The Morgan fingerprint density at radius 3 is 2.11 bits per heavy atom. The molecule has 2 rings (SSSR count). The third kappa shape index (κ3) is 2.96. The van der Waals surface area contributed by atoms with Gasteiger partial charge in [0.1, 0.15) is 0 Å². The summed E-state index contributed by atoms with van der Waals surface area (Å²) in [5.41, 5.74) is 7.38. The average molecular weight is 240 g/mol. The maximum Gasteiger partial charge on any atom is 0.251 e. The summed E-state index contributed by atoms with van der Waals surface area (Å²) >= 11 is 0. The van der Waals surface area contributed by atoms with Crippen LogP contribution in [0, 0.1) is 0 Å². The molecule has 2 aromatic carbocycles. The molecule has 1 atom stereocenters. The second-order valence-electron chi connectivity index (χ2n) is 4.04. The molecule has 0 aliphatic heterocycles. The minimum Gasteiger partial charge on any atom is -0.344 e. The number of nitrogens with two attached hydrogens (primary N) is 1. The van der Waals surface area contributed by atoms with E-state index in [1.165, 1.54) is 0 Å². The van der Waals surface area contributed by atoms with Gasteiger partial charge in [-0.05, 0) is 17.7 Å². The Balaban J connectivity index is 2.10. The van der Waals surface area contributed by atoms with Crippen LogP contribution in [0.25, 0.3) is 0 Å². The van der Waals surface area contributed by atoms with Crippen molar-refractivity contribution in [3.63, 3.8) is 0 Å².